The number of hydrogen-bond acceptors (Lipinski definition) is 15. The number of epoxide rings is 1. The molecule has 2 fully saturated rings. The summed E-state index contributed by atoms with van der Waals surface area (Å²) in [7, 11) is 3.61. The number of carboxylic acids is 1. The third kappa shape index (κ3) is 13.1. The van der Waals surface area contributed by atoms with E-state index in [1.807, 2.05) is 26.8 Å². The molecule has 18 nitrogen and oxygen atoms in total. The molecule has 1 aromatic rings. The molecule has 3 heterocycles. The van der Waals surface area contributed by atoms with Gasteiger partial charge in [-0.2, -0.15) is 8.42 Å². The van der Waals surface area contributed by atoms with Crippen LogP contribution in [0.2, 0.25) is 5.02 Å². The van der Waals surface area contributed by atoms with E-state index in [0.717, 1.165) is 11.1 Å². The lowest BCUT2D eigenvalue weighted by atomic mass is 9.83. The fraction of sp³-hybridized carbons (Fsp3) is 0.643. The summed E-state index contributed by atoms with van der Waals surface area (Å²) < 4.78 is 60.8. The Morgan fingerprint density at radius 2 is 1.88 bits per heavy atom. The van der Waals surface area contributed by atoms with Crippen LogP contribution in [-0.2, 0) is 54.7 Å². The van der Waals surface area contributed by atoms with E-state index < -0.39 is 97.7 Å². The summed E-state index contributed by atoms with van der Waals surface area (Å²) in [6.07, 6.45) is 0.374. The first-order chi connectivity index (χ1) is 29.7. The van der Waals surface area contributed by atoms with Crippen molar-refractivity contribution in [1.82, 2.24) is 10.2 Å². The lowest BCUT2D eigenvalue weighted by Gasteiger charge is -2.42. The van der Waals surface area contributed by atoms with Gasteiger partial charge in [-0.3, -0.25) is 24.3 Å². The Morgan fingerprint density at radius 1 is 1.20 bits per heavy atom. The van der Waals surface area contributed by atoms with Gasteiger partial charge in [0, 0.05) is 50.5 Å². The first-order valence-electron chi connectivity index (χ1n) is 20.5. The molecule has 4 N–H and O–H groups in total. The Morgan fingerprint density at radius 3 is 2.48 bits per heavy atom. The number of aliphatic carboxylic acids is 1. The number of likely N-dealkylation sites (N-methyl/N-ethyl adjacent to an activating group) is 1. The topological polar surface area (TPSA) is 248 Å². The average molecular weight is 979 g/mol. The number of carbonyl (C=O) groups excluding carboxylic acids is 4. The first kappa shape index (κ1) is 53.0. The number of fused-ring (bicyclic) bond motifs is 5. The largest absolute Gasteiger partial charge is 0.495 e. The molecular weight excluding hydrogens is 918 g/mol. The highest BCUT2D eigenvalue weighted by Crippen LogP contribution is 2.49. The molecule has 3 amide bonds. The summed E-state index contributed by atoms with van der Waals surface area (Å²) in [5.41, 5.74) is -1.19. The van der Waals surface area contributed by atoms with Crippen LogP contribution >= 0.6 is 33.2 Å². The van der Waals surface area contributed by atoms with Gasteiger partial charge in [-0.15, -0.1) is 0 Å². The minimum absolute atomic E-state index is 0.00418. The molecule has 4 rings (SSSR count). The molecule has 0 aliphatic carbocycles. The molecule has 0 aromatic heterocycles. The minimum Gasteiger partial charge on any atom is -0.495 e. The van der Waals surface area contributed by atoms with Crippen LogP contribution in [0.4, 0.5) is 10.5 Å². The third-order valence-electron chi connectivity index (χ3n) is 11.8. The zero-order chi connectivity index (χ0) is 48.1. The van der Waals surface area contributed by atoms with Crippen molar-refractivity contribution < 1.29 is 70.8 Å². The van der Waals surface area contributed by atoms with Gasteiger partial charge in [0.2, 0.25) is 11.8 Å². The molecular formula is C42H60ClN3O15S3. The number of halogens is 1. The Kier molecular flexibility index (Phi) is 17.7. The van der Waals surface area contributed by atoms with Crippen LogP contribution in [0.1, 0.15) is 79.2 Å². The SMILES string of the molecule is COc1cc2cc(c1Cl)N(C)C(=O)C[C@H](OC(=O)[C@H](C)N(C)C(=O)CCC(C)(C)SSCCC(C(=O)O)S(=O)(=O)O)[C@]1(C)O[C@H]1[C@H](C)[C@@H]1C[C@@](O)(NC(=O)O1)[C@H](OC)/C=C\C=C(\C)C2. The standard InChI is InChI=1S/C42H60ClN3O15S3/c1-23-12-11-13-31(58-10)42(53)22-29(59-39(52)44-42)24(2)36-41(6,61-36)32(21-34(48)46(8)27-19-26(18-23)20-28(57-9)35(27)43)60-38(51)25(3)45(7)33(47)14-16-40(4,5)63-62-17-15-30(37(49)50)64(54,55)56/h11-13,19-20,24-25,29-32,36,53H,14-18,21-22H2,1-10H3,(H,44,52)(H,49,50)(H,54,55,56)/b13-11-,23-12-/t24-,25+,29+,30?,31-,32+,36+,41+,42+/m1/s1. The Hall–Kier alpha value is -3.57. The smallest absolute Gasteiger partial charge is 0.409 e. The summed E-state index contributed by atoms with van der Waals surface area (Å²) in [4.78, 5) is 68.5. The van der Waals surface area contributed by atoms with Crippen LogP contribution < -0.4 is 15.0 Å². The van der Waals surface area contributed by atoms with Gasteiger partial charge in [-0.05, 0) is 71.6 Å². The molecule has 4 bridgehead atoms. The number of aliphatic hydroxyl groups is 1. The van der Waals surface area contributed by atoms with Crippen LogP contribution in [0, 0.1) is 5.92 Å². The molecule has 0 spiro atoms. The number of rotatable bonds is 15. The number of ether oxygens (including phenoxy) is 5. The van der Waals surface area contributed by atoms with E-state index in [1.54, 1.807) is 38.1 Å². The van der Waals surface area contributed by atoms with Gasteiger partial charge < -0.3 is 43.7 Å². The van der Waals surface area contributed by atoms with Crippen molar-refractivity contribution in [2.45, 2.75) is 132 Å². The van der Waals surface area contributed by atoms with E-state index in [9.17, 15) is 42.0 Å². The van der Waals surface area contributed by atoms with E-state index in [4.69, 9.17) is 40.4 Å². The molecule has 358 valence electrons. The predicted octanol–water partition coefficient (Wildman–Crippen LogP) is 5.19. The van der Waals surface area contributed by atoms with Gasteiger partial charge >= 0.3 is 18.0 Å². The van der Waals surface area contributed by atoms with Crippen LogP contribution in [0.25, 0.3) is 0 Å². The predicted molar refractivity (Wildman–Crippen MR) is 242 cm³/mol. The molecule has 3 aliphatic heterocycles. The summed E-state index contributed by atoms with van der Waals surface area (Å²) in [5, 5.41) is 21.7. The average Bonchev–Trinajstić information content (AvgIpc) is 3.91. The molecule has 0 saturated carbocycles. The maximum atomic E-state index is 14.3. The molecule has 3 aliphatic rings. The minimum atomic E-state index is -4.77. The molecule has 1 aromatic carbocycles. The number of hydrogen-bond donors (Lipinski definition) is 4. The van der Waals surface area contributed by atoms with Gasteiger partial charge in [0.25, 0.3) is 10.1 Å². The number of methoxy groups -OCH3 is 2. The van der Waals surface area contributed by atoms with Crippen molar-refractivity contribution in [3.8, 4) is 5.75 Å². The van der Waals surface area contributed by atoms with E-state index in [-0.39, 0.29) is 36.5 Å². The summed E-state index contributed by atoms with van der Waals surface area (Å²) in [6, 6.07) is 2.39. The second-order valence-corrected chi connectivity index (χ2v) is 22.3. The highest BCUT2D eigenvalue weighted by atomic mass is 35.5. The van der Waals surface area contributed by atoms with Crippen molar-refractivity contribution >= 4 is 78.8 Å². The van der Waals surface area contributed by atoms with Crippen LogP contribution in [0.15, 0.2) is 35.9 Å². The number of carboxylic acid groups (broad SMARTS) is 1. The molecule has 2 saturated heterocycles. The number of nitrogens with one attached hydrogen (secondary N) is 1. The zero-order valence-electron chi connectivity index (χ0n) is 37.6. The van der Waals surface area contributed by atoms with Crippen molar-refractivity contribution in [1.29, 1.82) is 0 Å². The molecule has 9 atom stereocenters. The van der Waals surface area contributed by atoms with Crippen LogP contribution in [0.3, 0.4) is 0 Å². The fourth-order valence-electron chi connectivity index (χ4n) is 7.60. The van der Waals surface area contributed by atoms with Gasteiger partial charge in [-0.25, -0.2) is 9.59 Å². The van der Waals surface area contributed by atoms with Crippen molar-refractivity contribution in [3.05, 3.63) is 46.5 Å². The monoisotopic (exact) mass is 977 g/mol. The molecule has 22 heteroatoms. The second-order valence-electron chi connectivity index (χ2n) is 17.2. The molecule has 1 unspecified atom stereocenters. The Balaban J connectivity index is 1.58. The quantitative estimate of drug-likeness (QED) is 0.0581. The number of carbonyl (C=O) groups is 5. The molecule has 0 radical (unpaired) electrons. The Labute approximate surface area is 387 Å². The van der Waals surface area contributed by atoms with Gasteiger partial charge in [-0.1, -0.05) is 63.9 Å². The lowest BCUT2D eigenvalue weighted by Crippen LogP contribution is -2.63. The van der Waals surface area contributed by atoms with Gasteiger partial charge in [0.05, 0.1) is 25.3 Å². The summed E-state index contributed by atoms with van der Waals surface area (Å²) in [6.45, 7) is 10.5. The van der Waals surface area contributed by atoms with Gasteiger partial charge in [0.1, 0.15) is 40.7 Å². The number of nitrogens with zero attached hydrogens (tertiary/aromatic N) is 2. The number of esters is 1. The van der Waals surface area contributed by atoms with Gasteiger partial charge in [0.15, 0.2) is 11.0 Å². The van der Waals surface area contributed by atoms with E-state index in [2.05, 4.69) is 5.32 Å². The number of benzene rings is 1. The lowest BCUT2D eigenvalue weighted by molar-refractivity contribution is -0.162. The number of alkyl carbamates (subject to hydrolysis) is 1. The number of anilines is 1. The van der Waals surface area contributed by atoms with Crippen molar-refractivity contribution in [2.75, 3.05) is 39.0 Å². The zero-order valence-corrected chi connectivity index (χ0v) is 40.8. The van der Waals surface area contributed by atoms with Crippen molar-refractivity contribution in [2.24, 2.45) is 5.92 Å². The highest BCUT2D eigenvalue weighted by Gasteiger charge is 2.64. The summed E-state index contributed by atoms with van der Waals surface area (Å²) >= 11 is 6.78. The maximum Gasteiger partial charge on any atom is 0.409 e. The third-order valence-corrected chi connectivity index (χ3v) is 16.8. The maximum absolute atomic E-state index is 14.3. The van der Waals surface area contributed by atoms with E-state index >= 15 is 0 Å². The first-order valence-corrected chi connectivity index (χ1v) is 24.7. The van der Waals surface area contributed by atoms with E-state index in [1.165, 1.54) is 66.6 Å². The highest BCUT2D eigenvalue weighted by molar-refractivity contribution is 8.77. The number of allylic oxidation sites excluding steroid dienone is 3. The van der Waals surface area contributed by atoms with Crippen molar-refractivity contribution in [3.63, 3.8) is 0 Å². The summed E-state index contributed by atoms with van der Waals surface area (Å²) in [5.74, 6) is -3.53. The van der Waals surface area contributed by atoms with Crippen LogP contribution in [0.5, 0.6) is 5.75 Å². The normalized spacial score (nSPS) is 28.9. The molecule has 64 heavy (non-hydrogen) atoms. The second kappa shape index (κ2) is 21.4. The Bertz CT molecular complexity index is 2100. The fourth-order valence-corrected chi connectivity index (χ4v) is 11.4. The van der Waals surface area contributed by atoms with Crippen LogP contribution in [-0.4, -0.2) is 144 Å². The van der Waals surface area contributed by atoms with E-state index in [0.29, 0.717) is 24.3 Å². The number of amides is 3.